The summed E-state index contributed by atoms with van der Waals surface area (Å²) in [7, 11) is 0. The molecule has 0 fully saturated rings. The zero-order chi connectivity index (χ0) is 24.2. The van der Waals surface area contributed by atoms with Gasteiger partial charge in [0.25, 0.3) is 0 Å². The van der Waals surface area contributed by atoms with Crippen LogP contribution in [0.25, 0.3) is 10.8 Å². The van der Waals surface area contributed by atoms with Crippen molar-refractivity contribution in [1.29, 1.82) is 0 Å². The van der Waals surface area contributed by atoms with Gasteiger partial charge in [-0.2, -0.15) is 0 Å². The fourth-order valence-electron chi connectivity index (χ4n) is 4.14. The maximum atomic E-state index is 12.5. The number of ether oxygens (including phenoxy) is 4. The Morgan fingerprint density at radius 3 is 1.53 bits per heavy atom. The smallest absolute Gasteiger partial charge is 0.434 e. The molecule has 0 atom stereocenters. The third kappa shape index (κ3) is 6.99. The van der Waals surface area contributed by atoms with Crippen molar-refractivity contribution in [3.05, 3.63) is 47.5 Å². The molecule has 0 aromatic heterocycles. The minimum absolute atomic E-state index is 0.337. The topological polar surface area (TPSA) is 71.1 Å². The first-order valence-corrected chi connectivity index (χ1v) is 12.6. The average molecular weight is 469 g/mol. The van der Waals surface area contributed by atoms with Gasteiger partial charge in [0, 0.05) is 21.9 Å². The molecule has 3 rings (SSSR count). The lowest BCUT2D eigenvalue weighted by Crippen LogP contribution is -2.17. The molecule has 34 heavy (non-hydrogen) atoms. The van der Waals surface area contributed by atoms with Crippen molar-refractivity contribution in [2.24, 2.45) is 0 Å². The maximum absolute atomic E-state index is 12.5. The normalized spacial score (nSPS) is 12.3. The van der Waals surface area contributed by atoms with Gasteiger partial charge in [-0.05, 0) is 25.7 Å². The van der Waals surface area contributed by atoms with Crippen LogP contribution in [-0.4, -0.2) is 25.5 Å². The molecule has 6 heteroatoms. The van der Waals surface area contributed by atoms with E-state index in [0.29, 0.717) is 48.3 Å². The minimum Gasteiger partial charge on any atom is -0.434 e. The largest absolute Gasteiger partial charge is 0.513 e. The van der Waals surface area contributed by atoms with Crippen molar-refractivity contribution in [1.82, 2.24) is 0 Å². The molecular weight excluding hydrogens is 432 g/mol. The van der Waals surface area contributed by atoms with Crippen LogP contribution in [0.3, 0.4) is 0 Å². The minimum atomic E-state index is -0.710. The lowest BCUT2D eigenvalue weighted by Gasteiger charge is -2.22. The van der Waals surface area contributed by atoms with Crippen LogP contribution >= 0.6 is 0 Å². The Bertz CT molecular complexity index is 916. The molecule has 0 radical (unpaired) electrons. The molecule has 0 spiro atoms. The third-order valence-corrected chi connectivity index (χ3v) is 5.95. The molecule has 6 nitrogen and oxygen atoms in total. The summed E-state index contributed by atoms with van der Waals surface area (Å²) in [5.74, 6) is 0.933. The lowest BCUT2D eigenvalue weighted by molar-refractivity contribution is 0.0953. The molecule has 0 bridgehead atoms. The number of benzene rings is 2. The predicted octanol–water partition coefficient (Wildman–Crippen LogP) is 7.69. The summed E-state index contributed by atoms with van der Waals surface area (Å²) in [6, 6.07) is 7.46. The van der Waals surface area contributed by atoms with Gasteiger partial charge in [0.05, 0.1) is 13.2 Å². The van der Waals surface area contributed by atoms with Gasteiger partial charge in [-0.25, -0.2) is 9.59 Å². The first-order chi connectivity index (χ1) is 16.7. The summed E-state index contributed by atoms with van der Waals surface area (Å²) in [4.78, 5) is 24.9. The highest BCUT2D eigenvalue weighted by molar-refractivity contribution is 5.98. The summed E-state index contributed by atoms with van der Waals surface area (Å²) in [5.41, 5.74) is 1.66. The van der Waals surface area contributed by atoms with E-state index in [-0.39, 0.29) is 0 Å². The van der Waals surface area contributed by atoms with E-state index in [1.807, 2.05) is 36.4 Å². The van der Waals surface area contributed by atoms with Crippen LogP contribution in [0.4, 0.5) is 9.59 Å². The second-order valence-corrected chi connectivity index (χ2v) is 8.56. The average Bonchev–Trinajstić information content (AvgIpc) is 2.85. The van der Waals surface area contributed by atoms with Crippen LogP contribution < -0.4 is 9.47 Å². The zero-order valence-corrected chi connectivity index (χ0v) is 20.4. The van der Waals surface area contributed by atoms with Crippen molar-refractivity contribution in [2.45, 2.75) is 78.1 Å². The first-order valence-electron chi connectivity index (χ1n) is 12.6. The van der Waals surface area contributed by atoms with E-state index in [2.05, 4.69) is 13.8 Å². The van der Waals surface area contributed by atoms with Crippen molar-refractivity contribution in [3.63, 3.8) is 0 Å². The molecular formula is C28H36O6. The van der Waals surface area contributed by atoms with Gasteiger partial charge in [-0.1, -0.05) is 88.8 Å². The molecule has 0 saturated heterocycles. The SMILES string of the molecule is CCCCCCOC(=O)Oc1c2c(c(OC(=O)OCCCCCC)c3ccccc13)CC=CC2. The summed E-state index contributed by atoms with van der Waals surface area (Å²) < 4.78 is 22.1. The van der Waals surface area contributed by atoms with E-state index in [4.69, 9.17) is 18.9 Å². The van der Waals surface area contributed by atoms with E-state index in [1.165, 1.54) is 0 Å². The summed E-state index contributed by atoms with van der Waals surface area (Å²) in [5, 5.41) is 1.40. The summed E-state index contributed by atoms with van der Waals surface area (Å²) in [6.45, 7) is 4.95. The Hall–Kier alpha value is -3.02. The predicted molar refractivity (Wildman–Crippen MR) is 133 cm³/mol. The molecule has 0 amide bonds. The second kappa shape index (κ2) is 13.6. The number of fused-ring (bicyclic) bond motifs is 2. The number of allylic oxidation sites excluding steroid dienone is 2. The quantitative estimate of drug-likeness (QED) is 0.138. The van der Waals surface area contributed by atoms with E-state index in [9.17, 15) is 9.59 Å². The highest BCUT2D eigenvalue weighted by Crippen LogP contribution is 2.43. The zero-order valence-electron chi connectivity index (χ0n) is 20.4. The van der Waals surface area contributed by atoms with Gasteiger partial charge >= 0.3 is 12.3 Å². The molecule has 2 aromatic rings. The summed E-state index contributed by atoms with van der Waals surface area (Å²) >= 11 is 0. The Labute approximate surface area is 202 Å². The number of unbranched alkanes of at least 4 members (excludes halogenated alkanes) is 6. The van der Waals surface area contributed by atoms with E-state index in [1.54, 1.807) is 0 Å². The van der Waals surface area contributed by atoms with Crippen LogP contribution in [-0.2, 0) is 22.3 Å². The molecule has 0 N–H and O–H groups in total. The van der Waals surface area contributed by atoms with Gasteiger partial charge in [-0.3, -0.25) is 0 Å². The van der Waals surface area contributed by atoms with Crippen molar-refractivity contribution in [3.8, 4) is 11.5 Å². The lowest BCUT2D eigenvalue weighted by atomic mass is 9.90. The van der Waals surface area contributed by atoms with Gasteiger partial charge in [0.2, 0.25) is 0 Å². The number of carbonyl (C=O) groups excluding carboxylic acids is 2. The Kier molecular flexibility index (Phi) is 10.3. The van der Waals surface area contributed by atoms with E-state index in [0.717, 1.165) is 62.5 Å². The number of carbonyl (C=O) groups is 2. The molecule has 0 aliphatic heterocycles. The van der Waals surface area contributed by atoms with Crippen LogP contribution in [0, 0.1) is 0 Å². The molecule has 1 aliphatic carbocycles. The monoisotopic (exact) mass is 468 g/mol. The fourth-order valence-corrected chi connectivity index (χ4v) is 4.14. The van der Waals surface area contributed by atoms with Gasteiger partial charge in [0.1, 0.15) is 11.5 Å². The van der Waals surface area contributed by atoms with Gasteiger partial charge < -0.3 is 18.9 Å². The Morgan fingerprint density at radius 2 is 1.12 bits per heavy atom. The molecule has 0 saturated carbocycles. The van der Waals surface area contributed by atoms with Gasteiger partial charge in [-0.15, -0.1) is 0 Å². The molecule has 0 unspecified atom stereocenters. The van der Waals surface area contributed by atoms with Crippen LogP contribution in [0.15, 0.2) is 36.4 Å². The van der Waals surface area contributed by atoms with E-state index < -0.39 is 12.3 Å². The highest BCUT2D eigenvalue weighted by atomic mass is 16.7. The van der Waals surface area contributed by atoms with Gasteiger partial charge in [0.15, 0.2) is 0 Å². The molecule has 1 aliphatic rings. The standard InChI is InChI=1S/C28H36O6/c1-3-5-7-13-19-31-27(29)33-25-21-15-9-11-17-23(21)26(24-18-12-10-16-22(24)25)34-28(30)32-20-14-8-6-4-2/h9-12,15,17H,3-8,13-14,16,18-20H2,1-2H3. The van der Waals surface area contributed by atoms with Crippen LogP contribution in [0.2, 0.25) is 0 Å². The Balaban J connectivity index is 1.80. The van der Waals surface area contributed by atoms with Crippen molar-refractivity contribution >= 4 is 23.1 Å². The summed E-state index contributed by atoms with van der Waals surface area (Å²) in [6.07, 6.45) is 11.9. The van der Waals surface area contributed by atoms with Crippen LogP contribution in [0.1, 0.15) is 76.3 Å². The van der Waals surface area contributed by atoms with E-state index >= 15 is 0 Å². The fraction of sp³-hybridized carbons (Fsp3) is 0.500. The molecule has 0 heterocycles. The Morgan fingerprint density at radius 1 is 0.676 bits per heavy atom. The highest BCUT2D eigenvalue weighted by Gasteiger charge is 2.25. The number of hydrogen-bond acceptors (Lipinski definition) is 6. The maximum Gasteiger partial charge on any atom is 0.513 e. The number of hydrogen-bond donors (Lipinski definition) is 0. The van der Waals surface area contributed by atoms with Crippen LogP contribution in [0.5, 0.6) is 11.5 Å². The number of rotatable bonds is 12. The van der Waals surface area contributed by atoms with Crippen molar-refractivity contribution in [2.75, 3.05) is 13.2 Å². The molecule has 2 aromatic carbocycles. The second-order valence-electron chi connectivity index (χ2n) is 8.56. The third-order valence-electron chi connectivity index (χ3n) is 5.95. The first kappa shape index (κ1) is 25.6. The molecule has 184 valence electrons. The van der Waals surface area contributed by atoms with Crippen molar-refractivity contribution < 1.29 is 28.5 Å².